The number of hydrogen-bond donors (Lipinski definition) is 0. The lowest BCUT2D eigenvalue weighted by molar-refractivity contribution is -0.143. The number of aromatic nitrogens is 1. The van der Waals surface area contributed by atoms with Crippen LogP contribution in [0.2, 0.25) is 0 Å². The minimum absolute atomic E-state index is 0.290. The van der Waals surface area contributed by atoms with Crippen molar-refractivity contribution >= 4 is 51.1 Å². The third kappa shape index (κ3) is 5.68. The van der Waals surface area contributed by atoms with E-state index < -0.39 is 12.0 Å². The molecule has 0 saturated heterocycles. The van der Waals surface area contributed by atoms with Gasteiger partial charge in [-0.05, 0) is 63.2 Å². The lowest BCUT2D eigenvalue weighted by Gasteiger charge is -2.26. The predicted octanol–water partition coefficient (Wildman–Crippen LogP) is 5.70. The number of furan rings is 1. The maximum absolute atomic E-state index is 13.9. The molecule has 4 aromatic rings. The second-order valence-electron chi connectivity index (χ2n) is 8.99. The predicted molar refractivity (Wildman–Crippen MR) is 155 cm³/mol. The fraction of sp³-hybridized carbons (Fsp3) is 0.207. The summed E-state index contributed by atoms with van der Waals surface area (Å²) in [5, 5.41) is 0.714. The molecule has 10 heteroatoms. The summed E-state index contributed by atoms with van der Waals surface area (Å²) in [6.45, 7) is 5.32. The molecule has 7 nitrogen and oxygen atoms in total. The average molecular weight is 626 g/mol. The van der Waals surface area contributed by atoms with Crippen molar-refractivity contribution in [2.45, 2.75) is 42.9 Å². The maximum Gasteiger partial charge on any atom is 0.338 e. The van der Waals surface area contributed by atoms with Crippen LogP contribution >= 0.6 is 39.0 Å². The number of allylic oxidation sites excluding steroid dienone is 1. The Morgan fingerprint density at radius 2 is 1.95 bits per heavy atom. The first-order valence-electron chi connectivity index (χ1n) is 12.1. The van der Waals surface area contributed by atoms with Crippen LogP contribution in [0.25, 0.3) is 6.08 Å². The second-order valence-corrected chi connectivity index (χ2v) is 12.0. The Labute approximate surface area is 241 Å². The molecule has 5 rings (SSSR count). The van der Waals surface area contributed by atoms with Gasteiger partial charge in [-0.1, -0.05) is 57.2 Å². The minimum Gasteiger partial charge on any atom is -0.496 e. The number of halogens is 1. The van der Waals surface area contributed by atoms with E-state index in [2.05, 4.69) is 20.9 Å². The molecule has 1 aliphatic heterocycles. The van der Waals surface area contributed by atoms with Crippen LogP contribution in [0, 0.1) is 0 Å². The molecule has 0 N–H and O–H groups in total. The van der Waals surface area contributed by atoms with Crippen LogP contribution in [0.4, 0.5) is 0 Å². The minimum atomic E-state index is -0.789. The van der Waals surface area contributed by atoms with Crippen molar-refractivity contribution in [3.63, 3.8) is 0 Å². The van der Waals surface area contributed by atoms with Gasteiger partial charge in [-0.2, -0.15) is 0 Å². The number of hydrogen-bond acceptors (Lipinski definition) is 8. The van der Waals surface area contributed by atoms with Gasteiger partial charge in [0, 0.05) is 21.0 Å². The Morgan fingerprint density at radius 3 is 2.67 bits per heavy atom. The molecule has 0 radical (unpaired) electrons. The van der Waals surface area contributed by atoms with Gasteiger partial charge in [0.25, 0.3) is 5.56 Å². The van der Waals surface area contributed by atoms with Gasteiger partial charge in [0.2, 0.25) is 0 Å². The lowest BCUT2D eigenvalue weighted by atomic mass is 9.95. The van der Waals surface area contributed by atoms with Crippen molar-refractivity contribution in [2.75, 3.05) is 7.11 Å². The molecular formula is C29H25BrN2O5S2. The quantitative estimate of drug-likeness (QED) is 0.245. The molecule has 1 atom stereocenters. The molecule has 39 heavy (non-hydrogen) atoms. The van der Waals surface area contributed by atoms with E-state index in [9.17, 15) is 9.59 Å². The second kappa shape index (κ2) is 11.4. The smallest absolute Gasteiger partial charge is 0.338 e. The van der Waals surface area contributed by atoms with Crippen molar-refractivity contribution in [3.05, 3.63) is 107 Å². The van der Waals surface area contributed by atoms with Gasteiger partial charge in [0.1, 0.15) is 17.6 Å². The number of rotatable bonds is 7. The van der Waals surface area contributed by atoms with Crippen molar-refractivity contribution < 1.29 is 18.7 Å². The topological polar surface area (TPSA) is 83.0 Å². The molecule has 0 saturated carbocycles. The summed E-state index contributed by atoms with van der Waals surface area (Å²) in [4.78, 5) is 33.4. The monoisotopic (exact) mass is 624 g/mol. The Kier molecular flexibility index (Phi) is 7.97. The van der Waals surface area contributed by atoms with Gasteiger partial charge in [-0.25, -0.2) is 9.79 Å². The Balaban J connectivity index is 1.63. The van der Waals surface area contributed by atoms with E-state index in [1.54, 1.807) is 40.0 Å². The zero-order chi connectivity index (χ0) is 27.7. The van der Waals surface area contributed by atoms with Crippen LogP contribution < -0.4 is 19.6 Å². The molecule has 200 valence electrons. The molecule has 1 aliphatic rings. The van der Waals surface area contributed by atoms with Crippen LogP contribution in [0.15, 0.2) is 101 Å². The maximum atomic E-state index is 13.9. The molecule has 0 unspecified atom stereocenters. The van der Waals surface area contributed by atoms with E-state index >= 15 is 0 Å². The number of thiazole rings is 1. The molecule has 0 fully saturated rings. The number of carbonyl (C=O) groups excluding carboxylic acids is 1. The van der Waals surface area contributed by atoms with E-state index in [0.717, 1.165) is 9.37 Å². The van der Waals surface area contributed by atoms with E-state index in [0.29, 0.717) is 42.8 Å². The van der Waals surface area contributed by atoms with Gasteiger partial charge in [0.15, 0.2) is 9.89 Å². The highest BCUT2D eigenvalue weighted by Gasteiger charge is 2.35. The summed E-state index contributed by atoms with van der Waals surface area (Å²) >= 11 is 6.26. The Morgan fingerprint density at radius 1 is 1.18 bits per heavy atom. The van der Waals surface area contributed by atoms with Crippen LogP contribution in [0.5, 0.6) is 5.75 Å². The summed E-state index contributed by atoms with van der Waals surface area (Å²) < 4.78 is 20.0. The highest BCUT2D eigenvalue weighted by Crippen LogP contribution is 2.37. The normalized spacial score (nSPS) is 15.3. The summed E-state index contributed by atoms with van der Waals surface area (Å²) in [5.74, 6) is 0.558. The van der Waals surface area contributed by atoms with Gasteiger partial charge >= 0.3 is 5.97 Å². The van der Waals surface area contributed by atoms with Crippen LogP contribution in [-0.4, -0.2) is 23.8 Å². The number of carbonyl (C=O) groups is 1. The van der Waals surface area contributed by atoms with Crippen LogP contribution in [0.1, 0.15) is 38.1 Å². The fourth-order valence-corrected chi connectivity index (χ4v) is 6.48. The number of ether oxygens (including phenoxy) is 2. The molecule has 2 aromatic heterocycles. The summed E-state index contributed by atoms with van der Waals surface area (Å²) in [6.07, 6.45) is 1.37. The summed E-state index contributed by atoms with van der Waals surface area (Å²) in [6, 6.07) is 18.3. The molecule has 0 aliphatic carbocycles. The summed E-state index contributed by atoms with van der Waals surface area (Å²) in [7, 11) is 1.56. The number of fused-ring (bicyclic) bond motifs is 1. The summed E-state index contributed by atoms with van der Waals surface area (Å²) in [5.41, 5.74) is 1.13. The van der Waals surface area contributed by atoms with Gasteiger partial charge < -0.3 is 13.9 Å². The van der Waals surface area contributed by atoms with Gasteiger partial charge in [-0.15, -0.1) is 0 Å². The third-order valence-corrected chi connectivity index (χ3v) is 8.31. The van der Waals surface area contributed by atoms with Crippen LogP contribution in [0.3, 0.4) is 0 Å². The molecule has 2 aromatic carbocycles. The van der Waals surface area contributed by atoms with E-state index in [-0.39, 0.29) is 11.7 Å². The average Bonchev–Trinajstić information content (AvgIpc) is 3.46. The first-order chi connectivity index (χ1) is 18.7. The zero-order valence-corrected chi connectivity index (χ0v) is 24.9. The number of nitrogens with zero attached hydrogens (tertiary/aromatic N) is 2. The SMILES string of the molecule is COc1ccc(Br)cc1[C@H]1C(C(=O)OC(C)C)=C(C)N=c2s/c(=C\c3ccc(Sc4ccccc4)o3)c(=O)n21. The van der Waals surface area contributed by atoms with E-state index in [1.165, 1.54) is 27.7 Å². The number of benzene rings is 2. The highest BCUT2D eigenvalue weighted by molar-refractivity contribution is 9.10. The third-order valence-electron chi connectivity index (χ3n) is 5.91. The highest BCUT2D eigenvalue weighted by atomic mass is 79.9. The van der Waals surface area contributed by atoms with Gasteiger partial charge in [0.05, 0.1) is 29.0 Å². The zero-order valence-electron chi connectivity index (χ0n) is 21.6. The molecule has 0 bridgehead atoms. The lowest BCUT2D eigenvalue weighted by Crippen LogP contribution is -2.40. The van der Waals surface area contributed by atoms with Crippen molar-refractivity contribution in [3.8, 4) is 5.75 Å². The van der Waals surface area contributed by atoms with Crippen LogP contribution in [-0.2, 0) is 9.53 Å². The molecule has 3 heterocycles. The Bertz CT molecular complexity index is 1750. The molecule has 0 spiro atoms. The Hall–Kier alpha value is -3.34. The fourth-order valence-electron chi connectivity index (χ4n) is 4.27. The number of esters is 1. The van der Waals surface area contributed by atoms with E-state index in [1.807, 2.05) is 54.6 Å². The van der Waals surface area contributed by atoms with Crippen molar-refractivity contribution in [1.29, 1.82) is 0 Å². The van der Waals surface area contributed by atoms with E-state index in [4.69, 9.17) is 13.9 Å². The van der Waals surface area contributed by atoms with Crippen molar-refractivity contribution in [1.82, 2.24) is 4.57 Å². The molecule has 0 amide bonds. The first-order valence-corrected chi connectivity index (χ1v) is 14.6. The standard InChI is InChI=1S/C29H25BrN2O5S2/c1-16(2)36-28(34)25-17(3)31-29-32(26(25)21-14-18(30)10-12-22(21)35-4)27(33)23(39-29)15-19-11-13-24(37-19)38-20-8-6-5-7-9-20/h5-16,26H,1-4H3/b23-15-/t26-/m0/s1. The first kappa shape index (κ1) is 27.2. The largest absolute Gasteiger partial charge is 0.496 e. The number of methoxy groups -OCH3 is 1. The van der Waals surface area contributed by atoms with Gasteiger partial charge in [-0.3, -0.25) is 9.36 Å². The van der Waals surface area contributed by atoms with Crippen molar-refractivity contribution in [2.24, 2.45) is 4.99 Å². The molecular weight excluding hydrogens is 600 g/mol.